The number of rotatable bonds is 2. The fourth-order valence-electron chi connectivity index (χ4n) is 2.30. The highest BCUT2D eigenvalue weighted by Crippen LogP contribution is 2.28. The first-order valence-electron chi connectivity index (χ1n) is 6.34. The summed E-state index contributed by atoms with van der Waals surface area (Å²) in [4.78, 5) is 0. The molecule has 0 saturated carbocycles. The molecule has 0 heterocycles. The van der Waals surface area contributed by atoms with Crippen molar-refractivity contribution in [2.24, 2.45) is 5.73 Å². The Hall–Kier alpha value is -1.54. The van der Waals surface area contributed by atoms with Gasteiger partial charge in [0.15, 0.2) is 0 Å². The topological polar surface area (TPSA) is 26.0 Å². The molecule has 0 saturated heterocycles. The second-order valence-electron chi connectivity index (χ2n) is 4.76. The summed E-state index contributed by atoms with van der Waals surface area (Å²) < 4.78 is 0. The second-order valence-corrected chi connectivity index (χ2v) is 5.57. The quantitative estimate of drug-likeness (QED) is 0.692. The summed E-state index contributed by atoms with van der Waals surface area (Å²) in [5, 5.41) is 3.46. The van der Waals surface area contributed by atoms with Gasteiger partial charge in [0.1, 0.15) is 0 Å². The van der Waals surface area contributed by atoms with E-state index in [2.05, 4.69) is 30.3 Å². The molecule has 1 atom stereocenters. The van der Waals surface area contributed by atoms with Gasteiger partial charge in [0.2, 0.25) is 0 Å². The number of fused-ring (bicyclic) bond motifs is 1. The average molecular weight is 302 g/mol. The van der Waals surface area contributed by atoms with Gasteiger partial charge < -0.3 is 5.73 Å². The molecule has 0 aliphatic rings. The van der Waals surface area contributed by atoms with Crippen LogP contribution in [0.25, 0.3) is 10.8 Å². The molecule has 100 valence electrons. The van der Waals surface area contributed by atoms with E-state index in [1.54, 1.807) is 6.07 Å². The van der Waals surface area contributed by atoms with Crippen molar-refractivity contribution in [1.82, 2.24) is 0 Å². The highest BCUT2D eigenvalue weighted by atomic mass is 35.5. The number of hydrogen-bond donors (Lipinski definition) is 1. The number of benzene rings is 3. The maximum atomic E-state index is 6.32. The van der Waals surface area contributed by atoms with E-state index in [0.29, 0.717) is 10.0 Å². The van der Waals surface area contributed by atoms with Gasteiger partial charge in [-0.05, 0) is 40.1 Å². The van der Waals surface area contributed by atoms with Crippen LogP contribution in [0.15, 0.2) is 60.7 Å². The fourth-order valence-corrected chi connectivity index (χ4v) is 2.61. The van der Waals surface area contributed by atoms with E-state index in [9.17, 15) is 0 Å². The monoisotopic (exact) mass is 301 g/mol. The van der Waals surface area contributed by atoms with Crippen LogP contribution < -0.4 is 5.73 Å². The van der Waals surface area contributed by atoms with Gasteiger partial charge in [-0.1, -0.05) is 65.7 Å². The molecule has 3 aromatic rings. The largest absolute Gasteiger partial charge is 0.320 e. The highest BCUT2D eigenvalue weighted by Gasteiger charge is 2.11. The van der Waals surface area contributed by atoms with Crippen molar-refractivity contribution in [3.8, 4) is 0 Å². The van der Waals surface area contributed by atoms with E-state index < -0.39 is 0 Å². The van der Waals surface area contributed by atoms with E-state index in [0.717, 1.165) is 11.1 Å². The molecule has 0 aliphatic carbocycles. The molecular formula is C17H13Cl2N. The van der Waals surface area contributed by atoms with Crippen LogP contribution in [0, 0.1) is 0 Å². The van der Waals surface area contributed by atoms with Gasteiger partial charge in [-0.25, -0.2) is 0 Å². The molecule has 20 heavy (non-hydrogen) atoms. The summed E-state index contributed by atoms with van der Waals surface area (Å²) in [7, 11) is 0. The van der Waals surface area contributed by atoms with Crippen LogP contribution in [0.5, 0.6) is 0 Å². The molecule has 0 spiro atoms. The predicted octanol–water partition coefficient (Wildman–Crippen LogP) is 5.19. The molecule has 3 aromatic carbocycles. The standard InChI is InChI=1S/C17H13Cl2N/c18-15-8-7-14(10-16(15)19)17(20)13-6-5-11-3-1-2-4-12(11)9-13/h1-10,17H,20H2. The van der Waals surface area contributed by atoms with Crippen molar-refractivity contribution < 1.29 is 0 Å². The minimum absolute atomic E-state index is 0.214. The summed E-state index contributed by atoms with van der Waals surface area (Å²) in [5.74, 6) is 0. The summed E-state index contributed by atoms with van der Waals surface area (Å²) >= 11 is 12.0. The minimum Gasteiger partial charge on any atom is -0.320 e. The molecule has 1 unspecified atom stereocenters. The third-order valence-corrected chi connectivity index (χ3v) is 4.17. The highest BCUT2D eigenvalue weighted by molar-refractivity contribution is 6.42. The second kappa shape index (κ2) is 5.45. The van der Waals surface area contributed by atoms with Gasteiger partial charge in [0, 0.05) is 0 Å². The summed E-state index contributed by atoms with van der Waals surface area (Å²) in [6, 6.07) is 19.8. The Bertz CT molecular complexity index is 768. The van der Waals surface area contributed by atoms with Crippen LogP contribution in [0.1, 0.15) is 17.2 Å². The maximum Gasteiger partial charge on any atom is 0.0595 e. The lowest BCUT2D eigenvalue weighted by Crippen LogP contribution is -2.11. The van der Waals surface area contributed by atoms with Crippen LogP contribution in [0.3, 0.4) is 0 Å². The van der Waals surface area contributed by atoms with Crippen molar-refractivity contribution in [3.63, 3.8) is 0 Å². The zero-order valence-corrected chi connectivity index (χ0v) is 12.2. The molecule has 0 aliphatic heterocycles. The zero-order valence-electron chi connectivity index (χ0n) is 10.7. The maximum absolute atomic E-state index is 6.32. The van der Waals surface area contributed by atoms with Crippen molar-refractivity contribution >= 4 is 34.0 Å². The smallest absolute Gasteiger partial charge is 0.0595 e. The summed E-state index contributed by atoms with van der Waals surface area (Å²) in [6.07, 6.45) is 0. The molecule has 0 bridgehead atoms. The van der Waals surface area contributed by atoms with Gasteiger partial charge in [0.25, 0.3) is 0 Å². The van der Waals surface area contributed by atoms with Crippen molar-refractivity contribution in [1.29, 1.82) is 0 Å². The van der Waals surface area contributed by atoms with Crippen molar-refractivity contribution in [3.05, 3.63) is 81.8 Å². The van der Waals surface area contributed by atoms with E-state index in [1.807, 2.05) is 24.3 Å². The fraction of sp³-hybridized carbons (Fsp3) is 0.0588. The molecule has 0 radical (unpaired) electrons. The van der Waals surface area contributed by atoms with Crippen LogP contribution >= 0.6 is 23.2 Å². The lowest BCUT2D eigenvalue weighted by atomic mass is 9.97. The molecule has 0 amide bonds. The third kappa shape index (κ3) is 2.53. The Kier molecular flexibility index (Phi) is 3.66. The minimum atomic E-state index is -0.214. The van der Waals surface area contributed by atoms with E-state index in [1.165, 1.54) is 10.8 Å². The lowest BCUT2D eigenvalue weighted by molar-refractivity contribution is 0.873. The first-order chi connectivity index (χ1) is 9.65. The van der Waals surface area contributed by atoms with Crippen molar-refractivity contribution in [2.75, 3.05) is 0 Å². The Labute approximate surface area is 127 Å². The molecule has 3 rings (SSSR count). The zero-order chi connectivity index (χ0) is 14.1. The Balaban J connectivity index is 2.02. The SMILES string of the molecule is NC(c1ccc(Cl)c(Cl)c1)c1ccc2ccccc2c1. The lowest BCUT2D eigenvalue weighted by Gasteiger charge is -2.14. The Morgan fingerprint density at radius 3 is 2.10 bits per heavy atom. The first kappa shape index (κ1) is 13.4. The molecule has 0 fully saturated rings. The van der Waals surface area contributed by atoms with Gasteiger partial charge in [-0.2, -0.15) is 0 Å². The van der Waals surface area contributed by atoms with Crippen molar-refractivity contribution in [2.45, 2.75) is 6.04 Å². The van der Waals surface area contributed by atoms with Crippen LogP contribution in [-0.2, 0) is 0 Å². The molecule has 1 nitrogen and oxygen atoms in total. The van der Waals surface area contributed by atoms with E-state index in [-0.39, 0.29) is 6.04 Å². The third-order valence-electron chi connectivity index (χ3n) is 3.44. The van der Waals surface area contributed by atoms with Gasteiger partial charge >= 0.3 is 0 Å². The first-order valence-corrected chi connectivity index (χ1v) is 7.10. The normalized spacial score (nSPS) is 12.6. The Morgan fingerprint density at radius 2 is 1.35 bits per heavy atom. The predicted molar refractivity (Wildman–Crippen MR) is 86.4 cm³/mol. The number of nitrogens with two attached hydrogens (primary N) is 1. The van der Waals surface area contributed by atoms with E-state index >= 15 is 0 Å². The molecular weight excluding hydrogens is 289 g/mol. The van der Waals surface area contributed by atoms with Gasteiger partial charge in [-0.15, -0.1) is 0 Å². The van der Waals surface area contributed by atoms with Crippen LogP contribution in [0.2, 0.25) is 10.0 Å². The van der Waals surface area contributed by atoms with Gasteiger partial charge in [0.05, 0.1) is 16.1 Å². The van der Waals surface area contributed by atoms with Gasteiger partial charge in [-0.3, -0.25) is 0 Å². The molecule has 0 aromatic heterocycles. The number of halogens is 2. The Morgan fingerprint density at radius 1 is 0.700 bits per heavy atom. The molecule has 2 N–H and O–H groups in total. The molecule has 3 heteroatoms. The average Bonchev–Trinajstić information content (AvgIpc) is 2.49. The van der Waals surface area contributed by atoms with Crippen LogP contribution in [-0.4, -0.2) is 0 Å². The number of hydrogen-bond acceptors (Lipinski definition) is 1. The van der Waals surface area contributed by atoms with E-state index in [4.69, 9.17) is 28.9 Å². The van der Waals surface area contributed by atoms with Crippen LogP contribution in [0.4, 0.5) is 0 Å². The summed E-state index contributed by atoms with van der Waals surface area (Å²) in [6.45, 7) is 0. The summed E-state index contributed by atoms with van der Waals surface area (Å²) in [5.41, 5.74) is 8.34.